The molecule has 0 unspecified atom stereocenters. The minimum atomic E-state index is -0.364. The van der Waals surface area contributed by atoms with Crippen LogP contribution in [0.4, 0.5) is 0 Å². The molecule has 0 amide bonds. The van der Waals surface area contributed by atoms with Crippen molar-refractivity contribution in [1.29, 1.82) is 0 Å². The van der Waals surface area contributed by atoms with Gasteiger partial charge in [-0.25, -0.2) is 4.79 Å². The number of nitrogens with one attached hydrogen (secondary N) is 1. The minimum absolute atomic E-state index is 0.364. The first-order chi connectivity index (χ1) is 8.95. The normalized spacial score (nSPS) is 11.6. The number of carbonyl (C=O) groups excluding carboxylic acids is 1. The van der Waals surface area contributed by atoms with Crippen LogP contribution >= 0.6 is 0 Å². The van der Waals surface area contributed by atoms with E-state index in [1.165, 1.54) is 13.4 Å². The molecule has 0 aliphatic rings. The molecule has 0 radical (unpaired) electrons. The molecule has 0 aliphatic heterocycles. The van der Waals surface area contributed by atoms with Crippen LogP contribution in [0.25, 0.3) is 0 Å². The molecule has 0 aliphatic carbocycles. The van der Waals surface area contributed by atoms with Gasteiger partial charge in [-0.15, -0.1) is 0 Å². The van der Waals surface area contributed by atoms with E-state index in [4.69, 9.17) is 4.42 Å². The van der Waals surface area contributed by atoms with E-state index in [0.717, 1.165) is 12.3 Å². The highest BCUT2D eigenvalue weighted by Gasteiger charge is 2.17. The first-order valence-corrected chi connectivity index (χ1v) is 6.82. The second-order valence-electron chi connectivity index (χ2n) is 5.58. The highest BCUT2D eigenvalue weighted by Crippen LogP contribution is 2.19. The van der Waals surface area contributed by atoms with Crippen LogP contribution in [0.15, 0.2) is 16.7 Å². The van der Waals surface area contributed by atoms with Crippen molar-refractivity contribution in [2.24, 2.45) is 17.8 Å². The fraction of sp³-hybridized carbons (Fsp3) is 0.667. The average molecular weight is 267 g/mol. The van der Waals surface area contributed by atoms with Gasteiger partial charge in [0.05, 0.1) is 19.2 Å². The van der Waals surface area contributed by atoms with Crippen molar-refractivity contribution < 1.29 is 13.9 Å². The molecule has 0 spiro atoms. The Morgan fingerprint density at radius 2 is 1.95 bits per heavy atom. The summed E-state index contributed by atoms with van der Waals surface area (Å²) in [7, 11) is 1.36. The van der Waals surface area contributed by atoms with E-state index in [-0.39, 0.29) is 5.97 Å². The van der Waals surface area contributed by atoms with Gasteiger partial charge in [0.1, 0.15) is 12.0 Å². The summed E-state index contributed by atoms with van der Waals surface area (Å²) < 4.78 is 9.96. The second kappa shape index (κ2) is 7.34. The summed E-state index contributed by atoms with van der Waals surface area (Å²) in [5.74, 6) is 2.32. The highest BCUT2D eigenvalue weighted by atomic mass is 16.5. The molecule has 4 nitrogen and oxygen atoms in total. The highest BCUT2D eigenvalue weighted by molar-refractivity contribution is 5.88. The molecule has 108 valence electrons. The van der Waals surface area contributed by atoms with E-state index in [2.05, 4.69) is 37.7 Å². The molecule has 1 N–H and O–H groups in total. The number of methoxy groups -OCH3 is 1. The molecule has 1 heterocycles. The predicted molar refractivity (Wildman–Crippen MR) is 74.9 cm³/mol. The fourth-order valence-electron chi connectivity index (χ4n) is 2.30. The van der Waals surface area contributed by atoms with Gasteiger partial charge >= 0.3 is 5.97 Å². The Morgan fingerprint density at radius 1 is 1.32 bits per heavy atom. The largest absolute Gasteiger partial charge is 0.467 e. The molecule has 19 heavy (non-hydrogen) atoms. The van der Waals surface area contributed by atoms with Crippen LogP contribution in [0.1, 0.15) is 43.8 Å². The van der Waals surface area contributed by atoms with Crippen molar-refractivity contribution >= 4 is 5.97 Å². The minimum Gasteiger partial charge on any atom is -0.467 e. The van der Waals surface area contributed by atoms with E-state index >= 15 is 0 Å². The Bertz CT molecular complexity index is 388. The summed E-state index contributed by atoms with van der Waals surface area (Å²) >= 11 is 0. The Balaban J connectivity index is 2.44. The van der Waals surface area contributed by atoms with Crippen molar-refractivity contribution in [3.05, 3.63) is 23.7 Å². The molecule has 0 saturated carbocycles. The molecule has 0 atom stereocenters. The van der Waals surface area contributed by atoms with Crippen molar-refractivity contribution in [2.75, 3.05) is 13.7 Å². The van der Waals surface area contributed by atoms with Crippen LogP contribution in [0.2, 0.25) is 0 Å². The van der Waals surface area contributed by atoms with Crippen molar-refractivity contribution in [3.8, 4) is 0 Å². The topological polar surface area (TPSA) is 51.5 Å². The van der Waals surface area contributed by atoms with Gasteiger partial charge in [0.25, 0.3) is 0 Å². The summed E-state index contributed by atoms with van der Waals surface area (Å²) in [6.45, 7) is 10.6. The van der Waals surface area contributed by atoms with Crippen molar-refractivity contribution in [1.82, 2.24) is 5.32 Å². The average Bonchev–Trinajstić information content (AvgIpc) is 2.81. The molecular formula is C15H25NO3. The van der Waals surface area contributed by atoms with Gasteiger partial charge in [0, 0.05) is 0 Å². The quantitative estimate of drug-likeness (QED) is 0.771. The van der Waals surface area contributed by atoms with Crippen LogP contribution in [0.5, 0.6) is 0 Å². The first kappa shape index (κ1) is 15.8. The maximum Gasteiger partial charge on any atom is 0.341 e. The van der Waals surface area contributed by atoms with Crippen LogP contribution in [-0.2, 0) is 11.3 Å². The van der Waals surface area contributed by atoms with Crippen LogP contribution < -0.4 is 5.32 Å². The maximum atomic E-state index is 11.3. The summed E-state index contributed by atoms with van der Waals surface area (Å²) in [5, 5.41) is 3.39. The number of rotatable bonds is 7. The molecule has 1 aromatic rings. The number of carbonyl (C=O) groups is 1. The first-order valence-electron chi connectivity index (χ1n) is 6.82. The van der Waals surface area contributed by atoms with Crippen molar-refractivity contribution in [3.63, 3.8) is 0 Å². The Kier molecular flexibility index (Phi) is 6.09. The molecule has 1 rings (SSSR count). The number of hydrogen-bond donors (Lipinski definition) is 1. The van der Waals surface area contributed by atoms with Crippen LogP contribution in [0, 0.1) is 17.8 Å². The third-order valence-electron chi connectivity index (χ3n) is 3.47. The lowest BCUT2D eigenvalue weighted by atomic mass is 9.85. The van der Waals surface area contributed by atoms with E-state index in [1.807, 2.05) is 0 Å². The summed E-state index contributed by atoms with van der Waals surface area (Å²) in [6, 6.07) is 1.72. The maximum absolute atomic E-state index is 11.3. The van der Waals surface area contributed by atoms with E-state index in [9.17, 15) is 4.79 Å². The SMILES string of the molecule is COC(=O)c1coc(CNCC(C(C)C)C(C)C)c1. The zero-order valence-corrected chi connectivity index (χ0v) is 12.5. The Morgan fingerprint density at radius 3 is 2.47 bits per heavy atom. The fourth-order valence-corrected chi connectivity index (χ4v) is 2.30. The summed E-state index contributed by atoms with van der Waals surface area (Å²) in [4.78, 5) is 11.3. The van der Waals surface area contributed by atoms with Gasteiger partial charge in [0.2, 0.25) is 0 Å². The zero-order valence-electron chi connectivity index (χ0n) is 12.5. The molecular weight excluding hydrogens is 242 g/mol. The van der Waals surface area contributed by atoms with Gasteiger partial charge in [0.15, 0.2) is 0 Å². The van der Waals surface area contributed by atoms with Gasteiger partial charge in [-0.2, -0.15) is 0 Å². The predicted octanol–water partition coefficient (Wildman–Crippen LogP) is 3.08. The van der Waals surface area contributed by atoms with Crippen molar-refractivity contribution in [2.45, 2.75) is 34.2 Å². The van der Waals surface area contributed by atoms with E-state index < -0.39 is 0 Å². The lowest BCUT2D eigenvalue weighted by Crippen LogP contribution is -2.29. The third-order valence-corrected chi connectivity index (χ3v) is 3.47. The lowest BCUT2D eigenvalue weighted by molar-refractivity contribution is 0.0600. The zero-order chi connectivity index (χ0) is 14.4. The monoisotopic (exact) mass is 267 g/mol. The second-order valence-corrected chi connectivity index (χ2v) is 5.58. The molecule has 0 bridgehead atoms. The molecule has 0 fully saturated rings. The van der Waals surface area contributed by atoms with Gasteiger partial charge in [-0.1, -0.05) is 27.7 Å². The smallest absolute Gasteiger partial charge is 0.341 e. The number of furan rings is 1. The summed E-state index contributed by atoms with van der Waals surface area (Å²) in [6.07, 6.45) is 1.44. The molecule has 4 heteroatoms. The van der Waals surface area contributed by atoms with E-state index in [1.54, 1.807) is 6.07 Å². The molecule has 1 aromatic heterocycles. The summed E-state index contributed by atoms with van der Waals surface area (Å²) in [5.41, 5.74) is 0.462. The van der Waals surface area contributed by atoms with Crippen LogP contribution in [-0.4, -0.2) is 19.6 Å². The molecule has 0 saturated heterocycles. The number of ether oxygens (including phenoxy) is 1. The standard InChI is InChI=1S/C15H25NO3/c1-10(2)14(11(3)4)8-16-7-13-6-12(9-19-13)15(17)18-5/h6,9-11,14,16H,7-8H2,1-5H3. The van der Waals surface area contributed by atoms with Gasteiger partial charge in [-0.3, -0.25) is 0 Å². The lowest BCUT2D eigenvalue weighted by Gasteiger charge is -2.24. The third kappa shape index (κ3) is 4.71. The number of hydrogen-bond acceptors (Lipinski definition) is 4. The molecule has 0 aromatic carbocycles. The Hall–Kier alpha value is -1.29. The van der Waals surface area contributed by atoms with E-state index in [0.29, 0.717) is 29.9 Å². The number of esters is 1. The Labute approximate surface area is 115 Å². The van der Waals surface area contributed by atoms with Gasteiger partial charge < -0.3 is 14.5 Å². The van der Waals surface area contributed by atoms with Gasteiger partial charge in [-0.05, 0) is 30.4 Å². The van der Waals surface area contributed by atoms with Crippen LogP contribution in [0.3, 0.4) is 0 Å².